The van der Waals surface area contributed by atoms with Crippen molar-refractivity contribution in [2.75, 3.05) is 11.1 Å². The van der Waals surface area contributed by atoms with Crippen LogP contribution in [0.4, 0.5) is 5.69 Å². The second-order valence-corrected chi connectivity index (χ2v) is 9.79. The molecule has 0 atom stereocenters. The van der Waals surface area contributed by atoms with Gasteiger partial charge in [0, 0.05) is 5.69 Å². The Kier molecular flexibility index (Phi) is 6.89. The van der Waals surface area contributed by atoms with Gasteiger partial charge in [-0.1, -0.05) is 62.0 Å². The number of benzene rings is 3. The smallest absolute Gasteiger partial charge is 0.266 e. The second kappa shape index (κ2) is 9.85. The maximum atomic E-state index is 13.5. The Morgan fingerprint density at radius 1 is 0.971 bits per heavy atom. The van der Waals surface area contributed by atoms with Crippen LogP contribution in [0.2, 0.25) is 0 Å². The molecule has 0 fully saturated rings. The fraction of sp³-hybridized carbons (Fsp3) is 0.250. The fourth-order valence-corrected chi connectivity index (χ4v) is 4.76. The molecule has 0 unspecified atom stereocenters. The Morgan fingerprint density at radius 3 is 2.47 bits per heavy atom. The molecule has 0 aliphatic carbocycles. The quantitative estimate of drug-likeness (QED) is 0.270. The SMILES string of the molecule is Cc1ccc(-n2c(SCC(=O)Nc3c(C)cccc3C(C)C)nc3ccccc3c2=O)cc1C. The standard InChI is InChI=1S/C28H29N3O2S/c1-17(2)22-11-8-9-19(4)26(22)30-25(32)16-34-28-29-24-12-7-6-10-23(24)27(33)31(28)21-14-13-18(3)20(5)15-21/h6-15,17H,16H2,1-5H3,(H,30,32). The molecule has 1 aromatic heterocycles. The lowest BCUT2D eigenvalue weighted by molar-refractivity contribution is -0.113. The number of anilines is 1. The molecule has 1 N–H and O–H groups in total. The van der Waals surface area contributed by atoms with Crippen molar-refractivity contribution in [3.8, 4) is 5.69 Å². The molecule has 0 radical (unpaired) electrons. The third-order valence-electron chi connectivity index (χ3n) is 6.02. The van der Waals surface area contributed by atoms with Gasteiger partial charge < -0.3 is 5.32 Å². The van der Waals surface area contributed by atoms with Gasteiger partial charge in [-0.15, -0.1) is 0 Å². The van der Waals surface area contributed by atoms with Crippen LogP contribution in [0.3, 0.4) is 0 Å². The molecule has 0 aliphatic rings. The van der Waals surface area contributed by atoms with Gasteiger partial charge in [-0.2, -0.15) is 0 Å². The van der Waals surface area contributed by atoms with Crippen molar-refractivity contribution < 1.29 is 4.79 Å². The number of para-hydroxylation sites is 2. The Labute approximate surface area is 204 Å². The van der Waals surface area contributed by atoms with Crippen LogP contribution < -0.4 is 10.9 Å². The molecular formula is C28H29N3O2S. The zero-order chi connectivity index (χ0) is 24.4. The molecule has 34 heavy (non-hydrogen) atoms. The van der Waals surface area contributed by atoms with Gasteiger partial charge in [0.15, 0.2) is 5.16 Å². The van der Waals surface area contributed by atoms with Gasteiger partial charge >= 0.3 is 0 Å². The van der Waals surface area contributed by atoms with Crippen molar-refractivity contribution in [3.63, 3.8) is 0 Å². The summed E-state index contributed by atoms with van der Waals surface area (Å²) in [4.78, 5) is 31.2. The van der Waals surface area contributed by atoms with E-state index in [0.29, 0.717) is 22.0 Å². The first-order valence-electron chi connectivity index (χ1n) is 11.4. The average Bonchev–Trinajstić information content (AvgIpc) is 2.81. The zero-order valence-electron chi connectivity index (χ0n) is 20.2. The van der Waals surface area contributed by atoms with Crippen molar-refractivity contribution in [1.82, 2.24) is 9.55 Å². The number of amides is 1. The summed E-state index contributed by atoms with van der Waals surface area (Å²) in [5.74, 6) is 0.303. The van der Waals surface area contributed by atoms with Crippen LogP contribution in [-0.2, 0) is 4.79 Å². The van der Waals surface area contributed by atoms with Gasteiger partial charge in [-0.25, -0.2) is 4.98 Å². The number of rotatable bonds is 6. The van der Waals surface area contributed by atoms with Gasteiger partial charge in [-0.05, 0) is 73.2 Å². The molecule has 4 rings (SSSR count). The van der Waals surface area contributed by atoms with E-state index in [-0.39, 0.29) is 17.2 Å². The predicted octanol–water partition coefficient (Wildman–Crippen LogP) is 6.17. The van der Waals surface area contributed by atoms with Gasteiger partial charge in [0.05, 0.1) is 22.3 Å². The normalized spacial score (nSPS) is 11.2. The number of aryl methyl sites for hydroxylation is 3. The number of carbonyl (C=O) groups excluding carboxylic acids is 1. The third-order valence-corrected chi connectivity index (χ3v) is 6.96. The Balaban J connectivity index is 1.69. The summed E-state index contributed by atoms with van der Waals surface area (Å²) >= 11 is 1.27. The molecule has 6 heteroatoms. The molecule has 0 spiro atoms. The Hall–Kier alpha value is -3.38. The minimum atomic E-state index is -0.141. The molecule has 0 aliphatic heterocycles. The third kappa shape index (κ3) is 4.77. The van der Waals surface area contributed by atoms with Crippen LogP contribution in [0.15, 0.2) is 70.6 Å². The highest BCUT2D eigenvalue weighted by atomic mass is 32.2. The zero-order valence-corrected chi connectivity index (χ0v) is 21.0. The highest BCUT2D eigenvalue weighted by molar-refractivity contribution is 7.99. The predicted molar refractivity (Wildman–Crippen MR) is 141 cm³/mol. The Morgan fingerprint density at radius 2 is 1.74 bits per heavy atom. The highest BCUT2D eigenvalue weighted by Crippen LogP contribution is 2.28. The van der Waals surface area contributed by atoms with Crippen LogP contribution in [0.5, 0.6) is 0 Å². The molecule has 4 aromatic rings. The van der Waals surface area contributed by atoms with E-state index in [4.69, 9.17) is 4.98 Å². The molecule has 1 heterocycles. The maximum absolute atomic E-state index is 13.5. The number of hydrogen-bond donors (Lipinski definition) is 1. The van der Waals surface area contributed by atoms with E-state index in [1.165, 1.54) is 11.8 Å². The molecule has 174 valence electrons. The monoisotopic (exact) mass is 471 g/mol. The van der Waals surface area contributed by atoms with Crippen molar-refractivity contribution in [2.24, 2.45) is 0 Å². The molecular weight excluding hydrogens is 442 g/mol. The number of nitrogens with zero attached hydrogens (tertiary/aromatic N) is 2. The van der Waals surface area contributed by atoms with Crippen LogP contribution >= 0.6 is 11.8 Å². The summed E-state index contributed by atoms with van der Waals surface area (Å²) in [6.45, 7) is 10.3. The lowest BCUT2D eigenvalue weighted by atomic mass is 9.98. The fourth-order valence-electron chi connectivity index (χ4n) is 3.95. The Bertz CT molecular complexity index is 1440. The second-order valence-electron chi connectivity index (χ2n) is 8.85. The van der Waals surface area contributed by atoms with E-state index < -0.39 is 0 Å². The molecule has 0 bridgehead atoms. The van der Waals surface area contributed by atoms with Gasteiger partial charge in [0.25, 0.3) is 5.56 Å². The molecule has 0 saturated carbocycles. The molecule has 3 aromatic carbocycles. The minimum Gasteiger partial charge on any atom is -0.325 e. The number of nitrogens with one attached hydrogen (secondary N) is 1. The van der Waals surface area contributed by atoms with Crippen molar-refractivity contribution in [1.29, 1.82) is 0 Å². The van der Waals surface area contributed by atoms with Crippen LogP contribution in [-0.4, -0.2) is 21.2 Å². The van der Waals surface area contributed by atoms with Crippen molar-refractivity contribution in [2.45, 2.75) is 45.7 Å². The van der Waals surface area contributed by atoms with Crippen molar-refractivity contribution >= 4 is 34.3 Å². The maximum Gasteiger partial charge on any atom is 0.266 e. The summed E-state index contributed by atoms with van der Waals surface area (Å²) in [5, 5.41) is 4.13. The van der Waals surface area contributed by atoms with E-state index in [1.807, 2.05) is 75.4 Å². The first-order chi connectivity index (χ1) is 16.3. The molecule has 5 nitrogen and oxygen atoms in total. The lowest BCUT2D eigenvalue weighted by Gasteiger charge is -2.17. The van der Waals surface area contributed by atoms with E-state index in [0.717, 1.165) is 33.6 Å². The van der Waals surface area contributed by atoms with E-state index >= 15 is 0 Å². The topological polar surface area (TPSA) is 64.0 Å². The largest absolute Gasteiger partial charge is 0.325 e. The molecule has 1 amide bonds. The lowest BCUT2D eigenvalue weighted by Crippen LogP contribution is -2.23. The number of thioether (sulfide) groups is 1. The van der Waals surface area contributed by atoms with Crippen molar-refractivity contribution in [3.05, 3.63) is 93.3 Å². The number of aromatic nitrogens is 2. The van der Waals surface area contributed by atoms with Crippen LogP contribution in [0, 0.1) is 20.8 Å². The number of carbonyl (C=O) groups is 1. The van der Waals surface area contributed by atoms with Gasteiger partial charge in [0.2, 0.25) is 5.91 Å². The van der Waals surface area contributed by atoms with Crippen LogP contribution in [0.1, 0.15) is 42.0 Å². The first kappa shape index (κ1) is 23.8. The van der Waals surface area contributed by atoms with Crippen LogP contribution in [0.25, 0.3) is 16.6 Å². The minimum absolute atomic E-state index is 0.129. The first-order valence-corrected chi connectivity index (χ1v) is 12.4. The summed E-state index contributed by atoms with van der Waals surface area (Å²) in [7, 11) is 0. The number of hydrogen-bond acceptors (Lipinski definition) is 4. The molecule has 0 saturated heterocycles. The van der Waals surface area contributed by atoms with E-state index in [9.17, 15) is 9.59 Å². The summed E-state index contributed by atoms with van der Waals surface area (Å²) < 4.78 is 1.61. The summed E-state index contributed by atoms with van der Waals surface area (Å²) in [5.41, 5.74) is 6.46. The highest BCUT2D eigenvalue weighted by Gasteiger charge is 2.17. The summed E-state index contributed by atoms with van der Waals surface area (Å²) in [6.07, 6.45) is 0. The summed E-state index contributed by atoms with van der Waals surface area (Å²) in [6, 6.07) is 19.3. The van der Waals surface area contributed by atoms with Gasteiger partial charge in [-0.3, -0.25) is 14.2 Å². The number of fused-ring (bicyclic) bond motifs is 1. The van der Waals surface area contributed by atoms with E-state index in [2.05, 4.69) is 19.2 Å². The average molecular weight is 472 g/mol. The van der Waals surface area contributed by atoms with E-state index in [1.54, 1.807) is 10.6 Å². The van der Waals surface area contributed by atoms with Gasteiger partial charge in [0.1, 0.15) is 0 Å².